The summed E-state index contributed by atoms with van der Waals surface area (Å²) in [7, 11) is 1.43. The molecule has 0 aliphatic heterocycles. The molecule has 36 heavy (non-hydrogen) atoms. The van der Waals surface area contributed by atoms with Gasteiger partial charge in [0.25, 0.3) is 0 Å². The zero-order chi connectivity index (χ0) is 25.3. The summed E-state index contributed by atoms with van der Waals surface area (Å²) in [6.45, 7) is 1.82. The molecule has 6 atom stereocenters. The maximum atomic E-state index is 13.8. The van der Waals surface area contributed by atoms with Gasteiger partial charge in [0, 0.05) is 46.1 Å². The van der Waals surface area contributed by atoms with Crippen molar-refractivity contribution < 1.29 is 29.6 Å². The van der Waals surface area contributed by atoms with Crippen molar-refractivity contribution in [2.75, 3.05) is 7.11 Å². The molecule has 0 radical (unpaired) electrons. The van der Waals surface area contributed by atoms with Crippen LogP contribution in [0.4, 0.5) is 0 Å². The highest BCUT2D eigenvalue weighted by atomic mass is 35.5. The lowest BCUT2D eigenvalue weighted by Crippen LogP contribution is -2.52. The van der Waals surface area contributed by atoms with Gasteiger partial charge in [-0.1, -0.05) is 23.8 Å². The van der Waals surface area contributed by atoms with Gasteiger partial charge < -0.3 is 20.1 Å². The summed E-state index contributed by atoms with van der Waals surface area (Å²) in [6, 6.07) is 2.82. The molecule has 0 saturated heterocycles. The van der Waals surface area contributed by atoms with E-state index in [1.165, 1.54) is 19.2 Å². The molecule has 7 heteroatoms. The van der Waals surface area contributed by atoms with Crippen molar-refractivity contribution in [3.05, 3.63) is 69.3 Å². The van der Waals surface area contributed by atoms with E-state index in [0.717, 1.165) is 23.1 Å². The molecule has 2 aromatic rings. The van der Waals surface area contributed by atoms with Gasteiger partial charge in [-0.05, 0) is 43.7 Å². The number of phenolic OH excluding ortho intramolecular Hbond substituents is 3. The van der Waals surface area contributed by atoms with Gasteiger partial charge in [0.05, 0.1) is 18.6 Å². The first kappa shape index (κ1) is 22.0. The van der Waals surface area contributed by atoms with Crippen molar-refractivity contribution in [2.24, 2.45) is 17.8 Å². The van der Waals surface area contributed by atoms with E-state index in [9.17, 15) is 24.9 Å². The molecule has 2 aromatic carbocycles. The van der Waals surface area contributed by atoms with Crippen LogP contribution in [0.2, 0.25) is 0 Å². The number of ketones is 2. The molecule has 1 fully saturated rings. The molecule has 5 aliphatic rings. The lowest BCUT2D eigenvalue weighted by atomic mass is 9.66. The van der Waals surface area contributed by atoms with Crippen molar-refractivity contribution in [1.29, 1.82) is 0 Å². The van der Waals surface area contributed by atoms with E-state index in [1.807, 2.05) is 13.0 Å². The lowest BCUT2D eigenvalue weighted by Gasteiger charge is -2.40. The van der Waals surface area contributed by atoms with Gasteiger partial charge in [0.2, 0.25) is 0 Å². The fourth-order valence-electron chi connectivity index (χ4n) is 7.66. The number of ether oxygens (including phenoxy) is 1. The van der Waals surface area contributed by atoms with Crippen LogP contribution in [0.1, 0.15) is 67.6 Å². The van der Waals surface area contributed by atoms with Crippen molar-refractivity contribution >= 4 is 23.2 Å². The predicted molar refractivity (Wildman–Crippen MR) is 133 cm³/mol. The Labute approximate surface area is 212 Å². The maximum Gasteiger partial charge on any atom is 0.189 e. The molecule has 0 spiro atoms. The van der Waals surface area contributed by atoms with Gasteiger partial charge in [0.1, 0.15) is 27.9 Å². The minimum atomic E-state index is -1.44. The molecule has 5 aliphatic carbocycles. The van der Waals surface area contributed by atoms with Crippen LogP contribution in [0.15, 0.2) is 35.9 Å². The van der Waals surface area contributed by atoms with E-state index in [-0.39, 0.29) is 57.8 Å². The van der Waals surface area contributed by atoms with Crippen molar-refractivity contribution in [3.8, 4) is 23.0 Å². The molecule has 1 saturated carbocycles. The van der Waals surface area contributed by atoms with Crippen LogP contribution in [0.25, 0.3) is 0 Å². The first-order valence-electron chi connectivity index (χ1n) is 12.3. The summed E-state index contributed by atoms with van der Waals surface area (Å²) in [5, 5.41) is 32.9. The van der Waals surface area contributed by atoms with E-state index >= 15 is 0 Å². The van der Waals surface area contributed by atoms with Crippen LogP contribution in [0, 0.1) is 24.7 Å². The molecule has 3 N–H and O–H groups in total. The number of methoxy groups -OCH3 is 1. The van der Waals surface area contributed by atoms with Crippen LogP contribution in [-0.4, -0.2) is 38.9 Å². The summed E-state index contributed by atoms with van der Waals surface area (Å²) >= 11 is 7.01. The molecule has 0 amide bonds. The zero-order valence-corrected chi connectivity index (χ0v) is 20.6. The monoisotopic (exact) mass is 504 g/mol. The molecular formula is C29H25ClO6. The third kappa shape index (κ3) is 2.43. The highest BCUT2D eigenvalue weighted by Crippen LogP contribution is 2.63. The van der Waals surface area contributed by atoms with Gasteiger partial charge in [-0.3, -0.25) is 9.59 Å². The van der Waals surface area contributed by atoms with Crippen molar-refractivity contribution in [3.63, 3.8) is 0 Å². The molecular weight excluding hydrogens is 480 g/mol. The smallest absolute Gasteiger partial charge is 0.189 e. The van der Waals surface area contributed by atoms with Gasteiger partial charge in [-0.15, -0.1) is 11.6 Å². The Morgan fingerprint density at radius 1 is 1.06 bits per heavy atom. The Hall–Kier alpha value is -3.25. The number of hydrogen-bond acceptors (Lipinski definition) is 6. The average molecular weight is 505 g/mol. The zero-order valence-electron chi connectivity index (χ0n) is 19.8. The molecule has 4 bridgehead atoms. The van der Waals surface area contributed by atoms with Crippen LogP contribution >= 0.6 is 11.6 Å². The third-order valence-electron chi connectivity index (χ3n) is 9.34. The number of rotatable bonds is 3. The van der Waals surface area contributed by atoms with Crippen LogP contribution in [-0.2, 0) is 6.42 Å². The third-order valence-corrected chi connectivity index (χ3v) is 10.0. The minimum Gasteiger partial charge on any atom is -0.507 e. The first-order chi connectivity index (χ1) is 17.2. The molecule has 0 heterocycles. The van der Waals surface area contributed by atoms with Crippen LogP contribution in [0.3, 0.4) is 0 Å². The molecule has 6 unspecified atom stereocenters. The van der Waals surface area contributed by atoms with Crippen LogP contribution < -0.4 is 4.74 Å². The number of benzene rings is 2. The number of allylic oxidation sites excluding steroid dienone is 4. The van der Waals surface area contributed by atoms with E-state index in [2.05, 4.69) is 12.2 Å². The minimum absolute atomic E-state index is 0.0327. The first-order valence-corrected chi connectivity index (χ1v) is 12.7. The van der Waals surface area contributed by atoms with Crippen LogP contribution in [0.5, 0.6) is 23.0 Å². The second-order valence-electron chi connectivity index (χ2n) is 10.8. The molecule has 184 valence electrons. The summed E-state index contributed by atoms with van der Waals surface area (Å²) in [4.78, 5) is 25.9. The summed E-state index contributed by atoms with van der Waals surface area (Å²) < 4.78 is 5.21. The van der Waals surface area contributed by atoms with Gasteiger partial charge in [0.15, 0.2) is 11.6 Å². The fraction of sp³-hybridized carbons (Fsp3) is 0.379. The van der Waals surface area contributed by atoms with Crippen molar-refractivity contribution in [2.45, 2.75) is 42.9 Å². The number of Topliss-reactive ketones (excluding diaryl/α,β-unsaturated/α-hetero) is 2. The fourth-order valence-corrected chi connectivity index (χ4v) is 8.16. The predicted octanol–water partition coefficient (Wildman–Crippen LogP) is 5.05. The second kappa shape index (κ2) is 6.94. The Morgan fingerprint density at radius 2 is 1.75 bits per heavy atom. The number of hydrogen-bond donors (Lipinski definition) is 3. The van der Waals surface area contributed by atoms with Crippen molar-refractivity contribution in [1.82, 2.24) is 0 Å². The Bertz CT molecular complexity index is 1490. The number of carbonyl (C=O) groups is 2. The van der Waals surface area contributed by atoms with E-state index in [1.54, 1.807) is 0 Å². The van der Waals surface area contributed by atoms with Gasteiger partial charge in [-0.2, -0.15) is 0 Å². The molecule has 0 aromatic heterocycles. The van der Waals surface area contributed by atoms with E-state index < -0.39 is 16.6 Å². The number of phenols is 3. The number of fused-ring (bicyclic) bond motifs is 11. The SMILES string of the molecule is COc1cc(O)c2c(c1)C(=O)C1C3CC(C=C3Cc3c(C)c(O)c4c(c3O)C3C=CC4C3)C1(Cl)C2=O. The topological polar surface area (TPSA) is 104 Å². The Morgan fingerprint density at radius 3 is 2.44 bits per heavy atom. The standard InChI is InChI=1S/C29H25ClO6/c1-11-17(26(33)22-13-4-3-12(5-13)21(22)25(11)32)7-14-6-15-8-18(14)24-27(34)19-9-16(36-2)10-20(31)23(19)28(35)29(15,24)30/h3-4,6,9-10,12-13,15,18,24,31-33H,5,7-8H2,1-2H3. The summed E-state index contributed by atoms with van der Waals surface area (Å²) in [6.07, 6.45) is 7.96. The number of carbonyl (C=O) groups excluding carboxylic acids is 2. The number of alkyl halides is 1. The highest BCUT2D eigenvalue weighted by Gasteiger charge is 2.67. The normalized spacial score (nSPS) is 32.5. The molecule has 7 rings (SSSR count). The largest absolute Gasteiger partial charge is 0.507 e. The summed E-state index contributed by atoms with van der Waals surface area (Å²) in [5.74, 6) is -1.38. The Balaban J connectivity index is 1.30. The maximum absolute atomic E-state index is 13.8. The number of aromatic hydroxyl groups is 3. The average Bonchev–Trinajstić information content (AvgIpc) is 3.63. The van der Waals surface area contributed by atoms with E-state index in [4.69, 9.17) is 16.3 Å². The molecule has 6 nitrogen and oxygen atoms in total. The Kier molecular flexibility index (Phi) is 4.24. The van der Waals surface area contributed by atoms with Gasteiger partial charge >= 0.3 is 0 Å². The number of halogens is 1. The van der Waals surface area contributed by atoms with Gasteiger partial charge in [-0.25, -0.2) is 0 Å². The highest BCUT2D eigenvalue weighted by molar-refractivity contribution is 6.43. The quantitative estimate of drug-likeness (QED) is 0.307. The van der Waals surface area contributed by atoms with E-state index in [0.29, 0.717) is 29.7 Å². The second-order valence-corrected chi connectivity index (χ2v) is 11.5. The lowest BCUT2D eigenvalue weighted by molar-refractivity contribution is 0.0742. The summed E-state index contributed by atoms with van der Waals surface area (Å²) in [5.41, 5.74) is 4.03.